The van der Waals surface area contributed by atoms with E-state index < -0.39 is 0 Å². The number of hydrogen-bond donors (Lipinski definition) is 0. The van der Waals surface area contributed by atoms with Crippen molar-refractivity contribution in [1.29, 1.82) is 0 Å². The normalized spacial score (nSPS) is 18.9. The third-order valence-corrected chi connectivity index (χ3v) is 4.08. The Morgan fingerprint density at radius 2 is 2.17 bits per heavy atom. The van der Waals surface area contributed by atoms with Crippen LogP contribution in [0.4, 0.5) is 0 Å². The number of nitrogens with zero attached hydrogens (tertiary/aromatic N) is 2. The summed E-state index contributed by atoms with van der Waals surface area (Å²) < 4.78 is 11.5. The maximum Gasteiger partial charge on any atom is 0.289 e. The summed E-state index contributed by atoms with van der Waals surface area (Å²) in [5, 5.41) is 0. The van der Waals surface area contributed by atoms with Crippen LogP contribution in [0.15, 0.2) is 16.5 Å². The largest absolute Gasteiger partial charge is 0.455 e. The van der Waals surface area contributed by atoms with Crippen LogP contribution in [-0.2, 0) is 11.3 Å². The number of furan rings is 1. The van der Waals surface area contributed by atoms with Crippen molar-refractivity contribution in [2.45, 2.75) is 45.8 Å². The molecule has 0 radical (unpaired) electrons. The molecule has 23 heavy (non-hydrogen) atoms. The molecule has 5 heteroatoms. The van der Waals surface area contributed by atoms with Crippen LogP contribution in [0, 0.1) is 5.92 Å². The van der Waals surface area contributed by atoms with Crippen LogP contribution in [0.2, 0.25) is 0 Å². The standard InChI is InChI=1S/C18H30N2O3/c1-14(2)6-5-7-15-13-20(10-11-22-15)18(21)17-9-8-16(23-17)12-19(3)4/h8-9,14-15H,5-7,10-13H2,1-4H3. The van der Waals surface area contributed by atoms with Gasteiger partial charge in [0.05, 0.1) is 19.3 Å². The Morgan fingerprint density at radius 3 is 2.87 bits per heavy atom. The Balaban J connectivity index is 1.87. The summed E-state index contributed by atoms with van der Waals surface area (Å²) in [5.74, 6) is 1.95. The molecule has 0 N–H and O–H groups in total. The first-order valence-corrected chi connectivity index (χ1v) is 8.60. The minimum absolute atomic E-state index is 0.0211. The number of hydrogen-bond acceptors (Lipinski definition) is 4. The molecular weight excluding hydrogens is 292 g/mol. The summed E-state index contributed by atoms with van der Waals surface area (Å²) in [6, 6.07) is 3.66. The Morgan fingerprint density at radius 1 is 1.39 bits per heavy atom. The molecule has 2 rings (SSSR count). The van der Waals surface area contributed by atoms with E-state index in [1.165, 1.54) is 6.42 Å². The molecule has 1 amide bonds. The zero-order chi connectivity index (χ0) is 16.8. The van der Waals surface area contributed by atoms with Crippen LogP contribution in [0.25, 0.3) is 0 Å². The summed E-state index contributed by atoms with van der Waals surface area (Å²) in [5.41, 5.74) is 0. The van der Waals surface area contributed by atoms with Gasteiger partial charge in [-0.1, -0.05) is 26.7 Å². The third-order valence-electron chi connectivity index (χ3n) is 4.08. The Labute approximate surface area is 139 Å². The lowest BCUT2D eigenvalue weighted by atomic mass is 10.0. The van der Waals surface area contributed by atoms with Gasteiger partial charge in [-0.25, -0.2) is 0 Å². The Kier molecular flexibility index (Phi) is 6.66. The van der Waals surface area contributed by atoms with Crippen molar-refractivity contribution in [3.8, 4) is 0 Å². The van der Waals surface area contributed by atoms with Crippen molar-refractivity contribution in [3.05, 3.63) is 23.7 Å². The highest BCUT2D eigenvalue weighted by Gasteiger charge is 2.26. The first-order chi connectivity index (χ1) is 11.0. The molecule has 5 nitrogen and oxygen atoms in total. The molecule has 1 fully saturated rings. The molecule has 1 unspecified atom stereocenters. The minimum atomic E-state index is -0.0211. The van der Waals surface area contributed by atoms with Gasteiger partial charge in [-0.3, -0.25) is 4.79 Å². The molecule has 1 aliphatic heterocycles. The van der Waals surface area contributed by atoms with E-state index in [9.17, 15) is 4.79 Å². The molecule has 1 atom stereocenters. The molecule has 0 aromatic carbocycles. The van der Waals surface area contributed by atoms with Crippen molar-refractivity contribution in [3.63, 3.8) is 0 Å². The molecule has 130 valence electrons. The average molecular weight is 322 g/mol. The molecule has 1 saturated heterocycles. The van der Waals surface area contributed by atoms with E-state index in [1.807, 2.05) is 30.0 Å². The van der Waals surface area contributed by atoms with Crippen LogP contribution in [-0.4, -0.2) is 55.6 Å². The van der Waals surface area contributed by atoms with Crippen LogP contribution >= 0.6 is 0 Å². The zero-order valence-corrected chi connectivity index (χ0v) is 14.9. The molecule has 0 saturated carbocycles. The molecule has 1 aromatic rings. The average Bonchev–Trinajstić information content (AvgIpc) is 2.94. The fourth-order valence-electron chi connectivity index (χ4n) is 2.88. The molecule has 0 spiro atoms. The van der Waals surface area contributed by atoms with E-state index in [-0.39, 0.29) is 12.0 Å². The van der Waals surface area contributed by atoms with Crippen molar-refractivity contribution in [2.24, 2.45) is 5.92 Å². The number of carbonyl (C=O) groups is 1. The van der Waals surface area contributed by atoms with Crippen LogP contribution < -0.4 is 0 Å². The molecule has 0 bridgehead atoms. The Bertz CT molecular complexity index is 496. The number of ether oxygens (including phenoxy) is 1. The summed E-state index contributed by atoms with van der Waals surface area (Å²) in [7, 11) is 3.96. The van der Waals surface area contributed by atoms with Crippen molar-refractivity contribution in [1.82, 2.24) is 9.80 Å². The van der Waals surface area contributed by atoms with Gasteiger partial charge in [-0.15, -0.1) is 0 Å². The van der Waals surface area contributed by atoms with Gasteiger partial charge in [0.25, 0.3) is 5.91 Å². The van der Waals surface area contributed by atoms with Crippen LogP contribution in [0.1, 0.15) is 49.4 Å². The third kappa shape index (κ3) is 5.66. The minimum Gasteiger partial charge on any atom is -0.455 e. The van der Waals surface area contributed by atoms with E-state index in [2.05, 4.69) is 13.8 Å². The van der Waals surface area contributed by atoms with Gasteiger partial charge >= 0.3 is 0 Å². The maximum atomic E-state index is 12.6. The Hall–Kier alpha value is -1.33. The lowest BCUT2D eigenvalue weighted by Crippen LogP contribution is -2.45. The quantitative estimate of drug-likeness (QED) is 0.774. The van der Waals surface area contributed by atoms with E-state index in [4.69, 9.17) is 9.15 Å². The molecular formula is C18H30N2O3. The van der Waals surface area contributed by atoms with Crippen molar-refractivity contribution < 1.29 is 13.9 Å². The monoisotopic (exact) mass is 322 g/mol. The number of morpholine rings is 1. The van der Waals surface area contributed by atoms with E-state index in [0.717, 1.165) is 24.5 Å². The second-order valence-electron chi connectivity index (χ2n) is 7.07. The van der Waals surface area contributed by atoms with Gasteiger partial charge in [-0.05, 0) is 38.6 Å². The van der Waals surface area contributed by atoms with Gasteiger partial charge in [0.15, 0.2) is 5.76 Å². The highest BCUT2D eigenvalue weighted by atomic mass is 16.5. The van der Waals surface area contributed by atoms with Crippen molar-refractivity contribution >= 4 is 5.91 Å². The molecule has 1 aromatic heterocycles. The second kappa shape index (κ2) is 8.50. The fraction of sp³-hybridized carbons (Fsp3) is 0.722. The lowest BCUT2D eigenvalue weighted by Gasteiger charge is -2.32. The van der Waals surface area contributed by atoms with Crippen molar-refractivity contribution in [2.75, 3.05) is 33.8 Å². The van der Waals surface area contributed by atoms with Gasteiger partial charge in [-0.2, -0.15) is 0 Å². The van der Waals surface area contributed by atoms with Gasteiger partial charge < -0.3 is 19.0 Å². The predicted molar refractivity (Wildman–Crippen MR) is 90.4 cm³/mol. The first-order valence-electron chi connectivity index (χ1n) is 8.60. The highest BCUT2D eigenvalue weighted by Crippen LogP contribution is 2.18. The number of rotatable bonds is 7. The molecule has 2 heterocycles. The van der Waals surface area contributed by atoms with E-state index in [1.54, 1.807) is 6.07 Å². The van der Waals surface area contributed by atoms with Gasteiger partial charge in [0.2, 0.25) is 0 Å². The van der Waals surface area contributed by atoms with E-state index >= 15 is 0 Å². The predicted octanol–water partition coefficient (Wildman–Crippen LogP) is 3.01. The van der Waals surface area contributed by atoms with Crippen LogP contribution in [0.5, 0.6) is 0 Å². The summed E-state index contributed by atoms with van der Waals surface area (Å²) in [4.78, 5) is 16.5. The lowest BCUT2D eigenvalue weighted by molar-refractivity contribution is -0.0269. The first kappa shape index (κ1) is 18.0. The SMILES string of the molecule is CC(C)CCCC1CN(C(=O)c2ccc(CN(C)C)o2)CCO1. The smallest absolute Gasteiger partial charge is 0.289 e. The second-order valence-corrected chi connectivity index (χ2v) is 7.07. The molecule has 1 aliphatic rings. The fourth-order valence-corrected chi connectivity index (χ4v) is 2.88. The highest BCUT2D eigenvalue weighted by molar-refractivity contribution is 5.91. The summed E-state index contributed by atoms with van der Waals surface area (Å²) in [6.07, 6.45) is 3.53. The topological polar surface area (TPSA) is 45.9 Å². The van der Waals surface area contributed by atoms with Crippen LogP contribution in [0.3, 0.4) is 0 Å². The number of carbonyl (C=O) groups excluding carboxylic acids is 1. The number of amides is 1. The van der Waals surface area contributed by atoms with Gasteiger partial charge in [0, 0.05) is 13.1 Å². The summed E-state index contributed by atoms with van der Waals surface area (Å²) in [6.45, 7) is 7.10. The van der Waals surface area contributed by atoms with Gasteiger partial charge in [0.1, 0.15) is 5.76 Å². The summed E-state index contributed by atoms with van der Waals surface area (Å²) >= 11 is 0. The van der Waals surface area contributed by atoms with E-state index in [0.29, 0.717) is 32.0 Å². The molecule has 0 aliphatic carbocycles. The zero-order valence-electron chi connectivity index (χ0n) is 14.9. The maximum absolute atomic E-state index is 12.6.